The minimum Gasteiger partial charge on any atom is -0.496 e. The number of hydrazone groups is 1. The van der Waals surface area contributed by atoms with E-state index >= 15 is 0 Å². The van der Waals surface area contributed by atoms with Crippen molar-refractivity contribution in [3.05, 3.63) is 71.6 Å². The zero-order valence-electron chi connectivity index (χ0n) is 12.0. The predicted octanol–water partition coefficient (Wildman–Crippen LogP) is 3.26. The van der Waals surface area contributed by atoms with Crippen molar-refractivity contribution < 1.29 is 13.9 Å². The first kappa shape index (κ1) is 15.4. The number of para-hydroxylation sites is 1. The molecular formula is C17H15FN2O2. The van der Waals surface area contributed by atoms with E-state index in [0.29, 0.717) is 0 Å². The Kier molecular flexibility index (Phi) is 5.43. The van der Waals surface area contributed by atoms with E-state index in [1.165, 1.54) is 24.4 Å². The number of methoxy groups -OCH3 is 1. The number of rotatable bonds is 5. The van der Waals surface area contributed by atoms with Gasteiger partial charge in [0.15, 0.2) is 0 Å². The van der Waals surface area contributed by atoms with E-state index in [0.717, 1.165) is 11.3 Å². The van der Waals surface area contributed by atoms with Crippen molar-refractivity contribution in [2.24, 2.45) is 5.10 Å². The van der Waals surface area contributed by atoms with E-state index < -0.39 is 11.7 Å². The van der Waals surface area contributed by atoms with Crippen LogP contribution < -0.4 is 10.2 Å². The van der Waals surface area contributed by atoms with Gasteiger partial charge in [-0.3, -0.25) is 4.79 Å². The Morgan fingerprint density at radius 3 is 2.68 bits per heavy atom. The van der Waals surface area contributed by atoms with Gasteiger partial charge in [0.1, 0.15) is 11.6 Å². The fraction of sp³-hybridized carbons (Fsp3) is 0.0588. The summed E-state index contributed by atoms with van der Waals surface area (Å²) in [6.45, 7) is 0. The maximum atomic E-state index is 13.4. The molecule has 2 aromatic rings. The fourth-order valence-corrected chi connectivity index (χ4v) is 1.80. The van der Waals surface area contributed by atoms with E-state index in [2.05, 4.69) is 10.5 Å². The molecule has 0 radical (unpaired) electrons. The van der Waals surface area contributed by atoms with E-state index in [1.807, 2.05) is 24.3 Å². The van der Waals surface area contributed by atoms with Gasteiger partial charge >= 0.3 is 0 Å². The number of benzene rings is 2. The van der Waals surface area contributed by atoms with Gasteiger partial charge in [-0.25, -0.2) is 9.82 Å². The Morgan fingerprint density at radius 1 is 1.18 bits per heavy atom. The Bertz CT molecular complexity index is 711. The van der Waals surface area contributed by atoms with E-state index in [4.69, 9.17) is 4.74 Å². The highest BCUT2D eigenvalue weighted by atomic mass is 19.1. The molecule has 1 amide bonds. The zero-order chi connectivity index (χ0) is 15.8. The third-order valence-electron chi connectivity index (χ3n) is 2.86. The van der Waals surface area contributed by atoms with Crippen LogP contribution in [0.5, 0.6) is 5.75 Å². The molecule has 0 unspecified atom stereocenters. The first-order chi connectivity index (χ1) is 10.7. The molecule has 0 aliphatic carbocycles. The van der Waals surface area contributed by atoms with Crippen LogP contribution in [0.4, 0.5) is 4.39 Å². The van der Waals surface area contributed by atoms with Gasteiger partial charge in [0.05, 0.1) is 12.7 Å². The van der Waals surface area contributed by atoms with Crippen molar-refractivity contribution in [3.8, 4) is 5.75 Å². The number of allylic oxidation sites excluding steroid dienone is 1. The maximum Gasteiger partial charge on any atom is 0.274 e. The molecule has 2 rings (SSSR count). The summed E-state index contributed by atoms with van der Waals surface area (Å²) in [5.74, 6) is -0.442. The number of ether oxygens (including phenoxy) is 1. The Labute approximate surface area is 127 Å². The predicted molar refractivity (Wildman–Crippen MR) is 84.4 cm³/mol. The SMILES string of the molecule is COc1ccccc1/C=C/C=N\NC(=O)c1ccccc1F. The Hall–Kier alpha value is -2.95. The molecule has 2 aromatic carbocycles. The first-order valence-electron chi connectivity index (χ1n) is 6.60. The summed E-state index contributed by atoms with van der Waals surface area (Å²) in [6.07, 6.45) is 4.85. The fourth-order valence-electron chi connectivity index (χ4n) is 1.80. The molecule has 5 heteroatoms. The van der Waals surface area contributed by atoms with Crippen LogP contribution in [0, 0.1) is 5.82 Å². The van der Waals surface area contributed by atoms with Crippen LogP contribution in [0.25, 0.3) is 6.08 Å². The van der Waals surface area contributed by atoms with Gasteiger partial charge in [-0.15, -0.1) is 0 Å². The molecule has 22 heavy (non-hydrogen) atoms. The first-order valence-corrected chi connectivity index (χ1v) is 6.60. The van der Waals surface area contributed by atoms with Crippen LogP contribution in [0.3, 0.4) is 0 Å². The number of carbonyl (C=O) groups is 1. The van der Waals surface area contributed by atoms with E-state index in [9.17, 15) is 9.18 Å². The van der Waals surface area contributed by atoms with Gasteiger partial charge < -0.3 is 4.74 Å². The number of carbonyl (C=O) groups excluding carboxylic acids is 1. The largest absolute Gasteiger partial charge is 0.496 e. The maximum absolute atomic E-state index is 13.4. The highest BCUT2D eigenvalue weighted by molar-refractivity contribution is 5.95. The molecule has 1 N–H and O–H groups in total. The van der Waals surface area contributed by atoms with Gasteiger partial charge in [-0.2, -0.15) is 5.10 Å². The van der Waals surface area contributed by atoms with Crippen LogP contribution in [0.15, 0.2) is 59.7 Å². The monoisotopic (exact) mass is 298 g/mol. The molecule has 0 aliphatic heterocycles. The molecule has 0 saturated heterocycles. The summed E-state index contributed by atoms with van der Waals surface area (Å²) in [6, 6.07) is 13.2. The summed E-state index contributed by atoms with van der Waals surface area (Å²) in [5.41, 5.74) is 3.10. The molecule has 112 valence electrons. The summed E-state index contributed by atoms with van der Waals surface area (Å²) < 4.78 is 18.6. The quantitative estimate of drug-likeness (QED) is 0.680. The second-order valence-corrected chi connectivity index (χ2v) is 4.30. The molecule has 0 aliphatic rings. The molecule has 4 nitrogen and oxygen atoms in total. The molecule has 0 aromatic heterocycles. The van der Waals surface area contributed by atoms with Gasteiger partial charge in [0, 0.05) is 11.8 Å². The van der Waals surface area contributed by atoms with Crippen molar-refractivity contribution in [2.45, 2.75) is 0 Å². The van der Waals surface area contributed by atoms with E-state index in [1.54, 1.807) is 25.3 Å². The summed E-state index contributed by atoms with van der Waals surface area (Å²) >= 11 is 0. The standard InChI is InChI=1S/C17H15FN2O2/c1-22-16-11-5-2-7-13(16)8-6-12-19-20-17(21)14-9-3-4-10-15(14)18/h2-12H,1H3,(H,20,21)/b8-6+,19-12-. The summed E-state index contributed by atoms with van der Waals surface area (Å²) in [4.78, 5) is 11.7. The van der Waals surface area contributed by atoms with Crippen LogP contribution in [0.2, 0.25) is 0 Å². The smallest absolute Gasteiger partial charge is 0.274 e. The highest BCUT2D eigenvalue weighted by Gasteiger charge is 2.08. The number of nitrogens with one attached hydrogen (secondary N) is 1. The van der Waals surface area contributed by atoms with Crippen molar-refractivity contribution in [1.29, 1.82) is 0 Å². The lowest BCUT2D eigenvalue weighted by Crippen LogP contribution is -2.18. The van der Waals surface area contributed by atoms with Crippen molar-refractivity contribution in [3.63, 3.8) is 0 Å². The van der Waals surface area contributed by atoms with E-state index in [-0.39, 0.29) is 5.56 Å². The number of nitrogens with zero attached hydrogens (tertiary/aromatic N) is 1. The minimum atomic E-state index is -0.597. The lowest BCUT2D eigenvalue weighted by molar-refractivity contribution is 0.0951. The van der Waals surface area contributed by atoms with Gasteiger partial charge in [-0.1, -0.05) is 30.3 Å². The molecule has 0 fully saturated rings. The zero-order valence-corrected chi connectivity index (χ0v) is 12.0. The van der Waals surface area contributed by atoms with Crippen molar-refractivity contribution in [2.75, 3.05) is 7.11 Å². The average Bonchev–Trinajstić information content (AvgIpc) is 2.55. The number of hydrogen-bond acceptors (Lipinski definition) is 3. The normalized spacial score (nSPS) is 11.0. The highest BCUT2D eigenvalue weighted by Crippen LogP contribution is 2.18. The third kappa shape index (κ3) is 4.02. The summed E-state index contributed by atoms with van der Waals surface area (Å²) in [7, 11) is 1.59. The lowest BCUT2D eigenvalue weighted by atomic mass is 10.2. The van der Waals surface area contributed by atoms with Crippen LogP contribution >= 0.6 is 0 Å². The van der Waals surface area contributed by atoms with Gasteiger partial charge in [0.25, 0.3) is 5.91 Å². The Morgan fingerprint density at radius 2 is 1.91 bits per heavy atom. The number of halogens is 1. The second kappa shape index (κ2) is 7.73. The molecule has 0 spiro atoms. The molecule has 0 atom stereocenters. The molecular weight excluding hydrogens is 283 g/mol. The minimum absolute atomic E-state index is 0.0478. The number of amides is 1. The van der Waals surface area contributed by atoms with Crippen molar-refractivity contribution >= 4 is 18.2 Å². The van der Waals surface area contributed by atoms with Crippen LogP contribution in [-0.4, -0.2) is 19.2 Å². The lowest BCUT2D eigenvalue weighted by Gasteiger charge is -2.02. The number of hydrogen-bond donors (Lipinski definition) is 1. The van der Waals surface area contributed by atoms with Crippen LogP contribution in [0.1, 0.15) is 15.9 Å². The van der Waals surface area contributed by atoms with Crippen molar-refractivity contribution in [1.82, 2.24) is 5.43 Å². The average molecular weight is 298 g/mol. The molecule has 0 bridgehead atoms. The van der Waals surface area contributed by atoms with Crippen LogP contribution in [-0.2, 0) is 0 Å². The molecule has 0 heterocycles. The summed E-state index contributed by atoms with van der Waals surface area (Å²) in [5, 5.41) is 3.74. The van der Waals surface area contributed by atoms with Gasteiger partial charge in [0.2, 0.25) is 0 Å². The second-order valence-electron chi connectivity index (χ2n) is 4.30. The van der Waals surface area contributed by atoms with Gasteiger partial charge in [-0.05, 0) is 30.4 Å². The topological polar surface area (TPSA) is 50.7 Å². The Balaban J connectivity index is 1.95. The molecule has 0 saturated carbocycles. The third-order valence-corrected chi connectivity index (χ3v) is 2.86.